The van der Waals surface area contributed by atoms with E-state index in [-0.39, 0.29) is 11.1 Å². The van der Waals surface area contributed by atoms with E-state index in [9.17, 15) is 9.59 Å². The van der Waals surface area contributed by atoms with Gasteiger partial charge in [0.2, 0.25) is 0 Å². The van der Waals surface area contributed by atoms with E-state index in [1.54, 1.807) is 23.7 Å². The number of nitrogens with one attached hydrogen (secondary N) is 1. The van der Waals surface area contributed by atoms with E-state index in [0.717, 1.165) is 11.8 Å². The zero-order valence-electron chi connectivity index (χ0n) is 18.0. The lowest BCUT2D eigenvalue weighted by atomic mass is 10.1. The quantitative estimate of drug-likeness (QED) is 0.142. The van der Waals surface area contributed by atoms with Gasteiger partial charge in [0, 0.05) is 37.2 Å². The molecule has 4 rings (SSSR count). The van der Waals surface area contributed by atoms with Crippen molar-refractivity contribution >= 4 is 40.7 Å². The zero-order valence-corrected chi connectivity index (χ0v) is 18.8. The van der Waals surface area contributed by atoms with E-state index >= 15 is 0 Å². The van der Waals surface area contributed by atoms with Gasteiger partial charge in [-0.15, -0.1) is 0 Å². The molecule has 0 aliphatic carbocycles. The number of carbonyl (C=O) groups is 1. The van der Waals surface area contributed by atoms with Gasteiger partial charge in [-0.05, 0) is 24.1 Å². The number of aromatic nitrogens is 4. The molecule has 1 N–H and O–H groups in total. The summed E-state index contributed by atoms with van der Waals surface area (Å²) in [5.41, 5.74) is 2.69. The number of aldehydes is 1. The van der Waals surface area contributed by atoms with E-state index in [0.29, 0.717) is 46.6 Å². The Balaban J connectivity index is 1.60. The van der Waals surface area contributed by atoms with Crippen molar-refractivity contribution in [1.82, 2.24) is 19.5 Å². The van der Waals surface area contributed by atoms with Gasteiger partial charge in [0.15, 0.2) is 22.6 Å². The summed E-state index contributed by atoms with van der Waals surface area (Å²) in [6, 6.07) is 17.2. The monoisotopic (exact) mass is 458 g/mol. The minimum Gasteiger partial charge on any atom is -0.343 e. The summed E-state index contributed by atoms with van der Waals surface area (Å²) < 4.78 is 1.64. The average Bonchev–Trinajstić information content (AvgIpc) is 2.87. The van der Waals surface area contributed by atoms with Crippen LogP contribution < -0.4 is 10.9 Å². The molecule has 33 heavy (non-hydrogen) atoms. The van der Waals surface area contributed by atoms with Crippen LogP contribution >= 0.6 is 11.8 Å². The summed E-state index contributed by atoms with van der Waals surface area (Å²) in [5, 5.41) is 3.74. The third-order valence-electron chi connectivity index (χ3n) is 5.00. The first-order valence-corrected chi connectivity index (χ1v) is 11.3. The molecule has 0 unspecified atom stereocenters. The summed E-state index contributed by atoms with van der Waals surface area (Å²) in [6.45, 7) is 0.463. The fourth-order valence-corrected chi connectivity index (χ4v) is 4.23. The Labute approximate surface area is 194 Å². The fraction of sp³-hybridized carbons (Fsp3) is 0.167. The molecule has 2 heterocycles. The van der Waals surface area contributed by atoms with Crippen molar-refractivity contribution in [2.45, 2.75) is 18.1 Å². The maximum absolute atomic E-state index is 13.2. The van der Waals surface area contributed by atoms with Gasteiger partial charge in [0.25, 0.3) is 5.56 Å². The molecule has 0 spiro atoms. The smallest absolute Gasteiger partial charge is 0.282 e. The molecule has 0 aliphatic rings. The molecule has 2 aromatic carbocycles. The average molecular weight is 459 g/mol. The molecule has 4 aromatic rings. The lowest BCUT2D eigenvalue weighted by molar-refractivity contribution is 0.112. The van der Waals surface area contributed by atoms with Crippen LogP contribution in [0.5, 0.6) is 0 Å². The minimum absolute atomic E-state index is 0.222. The van der Waals surface area contributed by atoms with Crippen LogP contribution in [0.25, 0.3) is 11.2 Å². The number of para-hydroxylation sites is 1. The molecule has 0 aliphatic heterocycles. The van der Waals surface area contributed by atoms with Gasteiger partial charge in [-0.2, -0.15) is 0 Å². The van der Waals surface area contributed by atoms with Gasteiger partial charge < -0.3 is 5.32 Å². The van der Waals surface area contributed by atoms with E-state index in [1.807, 2.05) is 42.5 Å². The highest BCUT2D eigenvalue weighted by Crippen LogP contribution is 2.19. The number of fused-ring (bicyclic) bond motifs is 1. The van der Waals surface area contributed by atoms with Crippen LogP contribution in [0.3, 0.4) is 0 Å². The normalized spacial score (nSPS) is 11.5. The van der Waals surface area contributed by atoms with Crippen LogP contribution in [0.15, 0.2) is 81.9 Å². The maximum atomic E-state index is 13.2. The van der Waals surface area contributed by atoms with E-state index in [1.165, 1.54) is 24.2 Å². The van der Waals surface area contributed by atoms with Crippen molar-refractivity contribution < 1.29 is 4.79 Å². The number of anilines is 1. The minimum atomic E-state index is -0.222. The van der Waals surface area contributed by atoms with Gasteiger partial charge in [0.05, 0.1) is 5.75 Å². The van der Waals surface area contributed by atoms with Crippen molar-refractivity contribution in [2.75, 3.05) is 18.1 Å². The number of amidine groups is 1. The molecular formula is C24H22N6O2S. The molecule has 0 saturated heterocycles. The summed E-state index contributed by atoms with van der Waals surface area (Å²) >= 11 is 1.38. The number of hydrogen-bond donors (Lipinski definition) is 1. The Morgan fingerprint density at radius 3 is 2.64 bits per heavy atom. The number of nitrogens with zero attached hydrogens (tertiary/aromatic N) is 5. The molecule has 0 radical (unpaired) electrons. The zero-order chi connectivity index (χ0) is 23.0. The molecule has 0 saturated carbocycles. The predicted molar refractivity (Wildman–Crippen MR) is 131 cm³/mol. The lowest BCUT2D eigenvalue weighted by Crippen LogP contribution is -2.26. The summed E-state index contributed by atoms with van der Waals surface area (Å²) in [4.78, 5) is 41.8. The number of aliphatic imine (C=N–C) groups is 1. The molecular weight excluding hydrogens is 436 g/mol. The summed E-state index contributed by atoms with van der Waals surface area (Å²) in [5.74, 6) is 1.07. The van der Waals surface area contributed by atoms with E-state index in [4.69, 9.17) is 0 Å². The highest BCUT2D eigenvalue weighted by Gasteiger charge is 2.15. The Hall–Kier alpha value is -3.85. The molecule has 2 aromatic heterocycles. The molecule has 9 heteroatoms. The Kier molecular flexibility index (Phi) is 7.21. The second-order valence-corrected chi connectivity index (χ2v) is 8.05. The number of thioether (sulfide) groups is 1. The number of hydrogen-bond acceptors (Lipinski definition) is 7. The number of benzene rings is 2. The van der Waals surface area contributed by atoms with Crippen molar-refractivity contribution in [3.63, 3.8) is 0 Å². The Bertz CT molecular complexity index is 1350. The second-order valence-electron chi connectivity index (χ2n) is 7.10. The van der Waals surface area contributed by atoms with Crippen LogP contribution in [0.1, 0.15) is 15.9 Å². The predicted octanol–water partition coefficient (Wildman–Crippen LogP) is 3.47. The fourth-order valence-electron chi connectivity index (χ4n) is 3.28. The standard InChI is InChI=1S/C24H22N6O2S/c1-25-20(28-19-10-6-5-9-18(19)15-31)16-33-24-29-22-21(26-12-13-27-22)23(32)30(24)14-11-17-7-3-2-4-8-17/h2-10,12-13,15H,11,14,16H2,1H3,(H,25,28). The highest BCUT2D eigenvalue weighted by molar-refractivity contribution is 7.99. The number of carbonyl (C=O) groups excluding carboxylic acids is 1. The molecule has 0 bridgehead atoms. The first-order valence-electron chi connectivity index (χ1n) is 10.3. The molecule has 0 atom stereocenters. The van der Waals surface area contributed by atoms with Crippen molar-refractivity contribution in [2.24, 2.45) is 4.99 Å². The third kappa shape index (κ3) is 5.32. The highest BCUT2D eigenvalue weighted by atomic mass is 32.2. The van der Waals surface area contributed by atoms with Crippen LogP contribution in [0.2, 0.25) is 0 Å². The van der Waals surface area contributed by atoms with Gasteiger partial charge in [-0.25, -0.2) is 15.0 Å². The van der Waals surface area contributed by atoms with Crippen molar-refractivity contribution in [3.8, 4) is 0 Å². The van der Waals surface area contributed by atoms with Gasteiger partial charge in [-0.3, -0.25) is 19.1 Å². The SMILES string of the molecule is CN=C(CSc1nc2nccnc2c(=O)n1CCc1ccccc1)Nc1ccccc1C=O. The van der Waals surface area contributed by atoms with Gasteiger partial charge in [0.1, 0.15) is 5.84 Å². The lowest BCUT2D eigenvalue weighted by Gasteiger charge is -2.14. The topological polar surface area (TPSA) is 102 Å². The van der Waals surface area contributed by atoms with Crippen LogP contribution in [-0.2, 0) is 13.0 Å². The number of aryl methyl sites for hydroxylation is 1. The molecule has 0 fully saturated rings. The van der Waals surface area contributed by atoms with Gasteiger partial charge in [-0.1, -0.05) is 54.2 Å². The molecule has 166 valence electrons. The summed E-state index contributed by atoms with van der Waals surface area (Å²) in [6.07, 6.45) is 4.50. The largest absolute Gasteiger partial charge is 0.343 e. The number of rotatable bonds is 8. The Morgan fingerprint density at radius 1 is 1.09 bits per heavy atom. The first-order chi connectivity index (χ1) is 16.2. The van der Waals surface area contributed by atoms with E-state index < -0.39 is 0 Å². The van der Waals surface area contributed by atoms with Crippen LogP contribution in [0, 0.1) is 0 Å². The third-order valence-corrected chi connectivity index (χ3v) is 5.99. The second kappa shape index (κ2) is 10.6. The van der Waals surface area contributed by atoms with Crippen LogP contribution in [-0.4, -0.2) is 44.4 Å². The van der Waals surface area contributed by atoms with Crippen molar-refractivity contribution in [3.05, 3.63) is 88.5 Å². The maximum Gasteiger partial charge on any atom is 0.282 e. The molecule has 0 amide bonds. The van der Waals surface area contributed by atoms with Gasteiger partial charge >= 0.3 is 0 Å². The molecule has 8 nitrogen and oxygen atoms in total. The first kappa shape index (κ1) is 22.3. The Morgan fingerprint density at radius 2 is 1.85 bits per heavy atom. The summed E-state index contributed by atoms with van der Waals surface area (Å²) in [7, 11) is 1.67. The van der Waals surface area contributed by atoms with E-state index in [2.05, 4.69) is 25.3 Å². The van der Waals surface area contributed by atoms with Crippen molar-refractivity contribution in [1.29, 1.82) is 0 Å². The van der Waals surface area contributed by atoms with Crippen LogP contribution in [0.4, 0.5) is 5.69 Å².